The van der Waals surface area contributed by atoms with E-state index in [2.05, 4.69) is 5.32 Å². The number of rotatable bonds is 5. The van der Waals surface area contributed by atoms with Crippen LogP contribution in [-0.2, 0) is 4.79 Å². The topological polar surface area (TPSA) is 38.3 Å². The van der Waals surface area contributed by atoms with E-state index in [0.29, 0.717) is 5.88 Å². The van der Waals surface area contributed by atoms with Crippen molar-refractivity contribution in [2.75, 3.05) is 13.0 Å². The van der Waals surface area contributed by atoms with Crippen LogP contribution in [0.3, 0.4) is 0 Å². The molecule has 1 rings (SSSR count). The van der Waals surface area contributed by atoms with Crippen molar-refractivity contribution in [1.29, 1.82) is 0 Å². The van der Waals surface area contributed by atoms with Crippen LogP contribution >= 0.6 is 11.6 Å². The number of carbonyl (C=O) groups is 1. The second kappa shape index (κ2) is 6.10. The fourth-order valence-corrected chi connectivity index (χ4v) is 1.55. The first-order valence-corrected chi connectivity index (χ1v) is 6.45. The van der Waals surface area contributed by atoms with Gasteiger partial charge in [-0.05, 0) is 38.5 Å². The van der Waals surface area contributed by atoms with Crippen LogP contribution in [0.1, 0.15) is 32.4 Å². The van der Waals surface area contributed by atoms with Crippen LogP contribution in [0.4, 0.5) is 0 Å². The second-order valence-electron chi connectivity index (χ2n) is 4.99. The third-order valence-electron chi connectivity index (χ3n) is 2.91. The van der Waals surface area contributed by atoms with Crippen molar-refractivity contribution in [3.05, 3.63) is 29.8 Å². The van der Waals surface area contributed by atoms with Crippen LogP contribution < -0.4 is 10.1 Å². The molecule has 0 bridgehead atoms. The zero-order valence-electron chi connectivity index (χ0n) is 11.3. The van der Waals surface area contributed by atoms with Crippen molar-refractivity contribution in [2.45, 2.75) is 26.8 Å². The van der Waals surface area contributed by atoms with E-state index >= 15 is 0 Å². The molecule has 0 fully saturated rings. The molecule has 0 aliphatic heterocycles. The highest BCUT2D eigenvalue weighted by molar-refractivity contribution is 6.19. The van der Waals surface area contributed by atoms with Gasteiger partial charge in [0, 0.05) is 5.88 Å². The maximum atomic E-state index is 12.0. The van der Waals surface area contributed by atoms with E-state index in [1.807, 2.05) is 45.0 Å². The third kappa shape index (κ3) is 3.64. The van der Waals surface area contributed by atoms with E-state index < -0.39 is 5.41 Å². The number of amides is 1. The van der Waals surface area contributed by atoms with Crippen molar-refractivity contribution in [3.8, 4) is 5.75 Å². The van der Waals surface area contributed by atoms with Crippen LogP contribution in [0, 0.1) is 5.41 Å². The van der Waals surface area contributed by atoms with Crippen LogP contribution in [0.15, 0.2) is 24.3 Å². The highest BCUT2D eigenvalue weighted by Crippen LogP contribution is 2.21. The summed E-state index contributed by atoms with van der Waals surface area (Å²) < 4.78 is 5.10. The summed E-state index contributed by atoms with van der Waals surface area (Å²) in [5, 5.41) is 2.96. The van der Waals surface area contributed by atoms with Gasteiger partial charge in [0.15, 0.2) is 0 Å². The Bertz CT molecular complexity index is 401. The quantitative estimate of drug-likeness (QED) is 0.834. The minimum absolute atomic E-state index is 0.0409. The van der Waals surface area contributed by atoms with Crippen molar-refractivity contribution < 1.29 is 9.53 Å². The normalized spacial score (nSPS) is 12.9. The first-order chi connectivity index (χ1) is 8.40. The third-order valence-corrected chi connectivity index (χ3v) is 3.58. The number of halogens is 1. The molecule has 100 valence electrons. The molecular weight excluding hydrogens is 250 g/mol. The summed E-state index contributed by atoms with van der Waals surface area (Å²) in [6.45, 7) is 5.61. The number of hydrogen-bond donors (Lipinski definition) is 1. The van der Waals surface area contributed by atoms with Gasteiger partial charge in [0.25, 0.3) is 0 Å². The highest BCUT2D eigenvalue weighted by Gasteiger charge is 2.27. The highest BCUT2D eigenvalue weighted by atomic mass is 35.5. The summed E-state index contributed by atoms with van der Waals surface area (Å²) >= 11 is 5.78. The Balaban J connectivity index is 2.70. The fraction of sp³-hybridized carbons (Fsp3) is 0.500. The van der Waals surface area contributed by atoms with Gasteiger partial charge in [-0.1, -0.05) is 12.1 Å². The predicted octanol–water partition coefficient (Wildman–Crippen LogP) is 3.14. The number of methoxy groups -OCH3 is 1. The molecule has 1 atom stereocenters. The van der Waals surface area contributed by atoms with Crippen molar-refractivity contribution >= 4 is 17.5 Å². The monoisotopic (exact) mass is 269 g/mol. The van der Waals surface area contributed by atoms with E-state index in [1.165, 1.54) is 0 Å². The van der Waals surface area contributed by atoms with Gasteiger partial charge in [0.2, 0.25) is 5.91 Å². The SMILES string of the molecule is COc1ccc(C(C)NC(=O)C(C)(C)CCl)cc1. The maximum absolute atomic E-state index is 12.0. The van der Waals surface area contributed by atoms with Crippen molar-refractivity contribution in [3.63, 3.8) is 0 Å². The number of alkyl halides is 1. The van der Waals surface area contributed by atoms with Crippen LogP contribution in [-0.4, -0.2) is 18.9 Å². The minimum Gasteiger partial charge on any atom is -0.497 e. The Labute approximate surface area is 113 Å². The summed E-state index contributed by atoms with van der Waals surface area (Å²) in [5.41, 5.74) is 0.483. The lowest BCUT2D eigenvalue weighted by Gasteiger charge is -2.24. The fourth-order valence-electron chi connectivity index (χ4n) is 1.43. The molecule has 0 aliphatic carbocycles. The van der Waals surface area contributed by atoms with E-state index in [9.17, 15) is 4.79 Å². The van der Waals surface area contributed by atoms with Gasteiger partial charge in [0.05, 0.1) is 18.6 Å². The molecule has 1 aromatic carbocycles. The van der Waals surface area contributed by atoms with Crippen molar-refractivity contribution in [2.24, 2.45) is 5.41 Å². The Morgan fingerprint density at radius 2 is 1.94 bits per heavy atom. The van der Waals surface area contributed by atoms with Gasteiger partial charge in [0.1, 0.15) is 5.75 Å². The summed E-state index contributed by atoms with van der Waals surface area (Å²) in [6.07, 6.45) is 0. The smallest absolute Gasteiger partial charge is 0.227 e. The van der Waals surface area contributed by atoms with Gasteiger partial charge in [-0.3, -0.25) is 4.79 Å². The Hall–Kier alpha value is -1.22. The summed E-state index contributed by atoms with van der Waals surface area (Å²) in [6, 6.07) is 7.59. The van der Waals surface area contributed by atoms with Crippen LogP contribution in [0.5, 0.6) is 5.75 Å². The predicted molar refractivity (Wildman–Crippen MR) is 74.1 cm³/mol. The summed E-state index contributed by atoms with van der Waals surface area (Å²) in [7, 11) is 1.63. The van der Waals surface area contributed by atoms with Gasteiger partial charge in [-0.25, -0.2) is 0 Å². The second-order valence-corrected chi connectivity index (χ2v) is 5.25. The minimum atomic E-state index is -0.553. The summed E-state index contributed by atoms with van der Waals surface area (Å²) in [5.74, 6) is 1.06. The molecular formula is C14H20ClNO2. The first-order valence-electron chi connectivity index (χ1n) is 5.91. The molecule has 0 aromatic heterocycles. The lowest BCUT2D eigenvalue weighted by molar-refractivity contribution is -0.129. The molecule has 0 saturated carbocycles. The lowest BCUT2D eigenvalue weighted by Crippen LogP contribution is -2.39. The van der Waals surface area contributed by atoms with Crippen LogP contribution in [0.25, 0.3) is 0 Å². The standard InChI is InChI=1S/C14H20ClNO2/c1-10(16-13(17)14(2,3)9-15)11-5-7-12(18-4)8-6-11/h5-8,10H,9H2,1-4H3,(H,16,17). The number of hydrogen-bond acceptors (Lipinski definition) is 2. The Morgan fingerprint density at radius 3 is 2.39 bits per heavy atom. The van der Waals surface area contributed by atoms with Gasteiger partial charge >= 0.3 is 0 Å². The van der Waals surface area contributed by atoms with E-state index in [4.69, 9.17) is 16.3 Å². The number of ether oxygens (including phenoxy) is 1. The number of nitrogens with one attached hydrogen (secondary N) is 1. The number of carbonyl (C=O) groups excluding carboxylic acids is 1. The zero-order chi connectivity index (χ0) is 13.8. The molecule has 18 heavy (non-hydrogen) atoms. The average Bonchev–Trinajstić information content (AvgIpc) is 2.38. The molecule has 0 saturated heterocycles. The van der Waals surface area contributed by atoms with E-state index in [-0.39, 0.29) is 11.9 Å². The first kappa shape index (κ1) is 14.8. The number of benzene rings is 1. The van der Waals surface area contributed by atoms with Gasteiger partial charge in [-0.15, -0.1) is 11.6 Å². The molecule has 0 radical (unpaired) electrons. The maximum Gasteiger partial charge on any atom is 0.227 e. The summed E-state index contributed by atoms with van der Waals surface area (Å²) in [4.78, 5) is 12.0. The zero-order valence-corrected chi connectivity index (χ0v) is 12.0. The molecule has 1 unspecified atom stereocenters. The van der Waals surface area contributed by atoms with Crippen LogP contribution in [0.2, 0.25) is 0 Å². The Kier molecular flexibility index (Phi) is 5.03. The van der Waals surface area contributed by atoms with E-state index in [0.717, 1.165) is 11.3 Å². The molecule has 1 N–H and O–H groups in total. The van der Waals surface area contributed by atoms with E-state index in [1.54, 1.807) is 7.11 Å². The molecule has 0 spiro atoms. The molecule has 1 aromatic rings. The largest absolute Gasteiger partial charge is 0.497 e. The average molecular weight is 270 g/mol. The van der Waals surface area contributed by atoms with Gasteiger partial charge in [-0.2, -0.15) is 0 Å². The molecule has 3 nitrogen and oxygen atoms in total. The lowest BCUT2D eigenvalue weighted by atomic mass is 9.94. The molecule has 1 amide bonds. The van der Waals surface area contributed by atoms with Crippen molar-refractivity contribution in [1.82, 2.24) is 5.32 Å². The molecule has 0 heterocycles. The Morgan fingerprint density at radius 1 is 1.39 bits per heavy atom. The molecule has 4 heteroatoms. The van der Waals surface area contributed by atoms with Gasteiger partial charge < -0.3 is 10.1 Å². The molecule has 0 aliphatic rings.